The first kappa shape index (κ1) is 22.1. The number of carbonyl (C=O) groups is 1. The number of ether oxygens (including phenoxy) is 1. The predicted molar refractivity (Wildman–Crippen MR) is 117 cm³/mol. The van der Waals surface area contributed by atoms with Crippen LogP contribution in [0.15, 0.2) is 42.5 Å². The monoisotopic (exact) mass is 413 g/mol. The average Bonchev–Trinajstić information content (AvgIpc) is 2.72. The molecule has 7 nitrogen and oxygen atoms in total. The highest BCUT2D eigenvalue weighted by Gasteiger charge is 2.21. The summed E-state index contributed by atoms with van der Waals surface area (Å²) in [5.74, 6) is 0.436. The SMILES string of the molecule is Cc1cccc(C)c1NC(=O)CN1CCN(C[C@H](O)COc2ccccc2O)CC1. The minimum Gasteiger partial charge on any atom is -0.504 e. The van der Waals surface area contributed by atoms with Crippen LogP contribution in [0.1, 0.15) is 11.1 Å². The van der Waals surface area contributed by atoms with Crippen molar-refractivity contribution < 1.29 is 19.7 Å². The van der Waals surface area contributed by atoms with Gasteiger partial charge in [-0.1, -0.05) is 30.3 Å². The van der Waals surface area contributed by atoms with E-state index in [-0.39, 0.29) is 18.3 Å². The second-order valence-electron chi connectivity index (χ2n) is 7.82. The number of nitrogens with one attached hydrogen (secondary N) is 1. The van der Waals surface area contributed by atoms with Crippen molar-refractivity contribution in [2.75, 3.05) is 51.2 Å². The summed E-state index contributed by atoms with van der Waals surface area (Å²) in [6.07, 6.45) is -0.650. The van der Waals surface area contributed by atoms with Crippen molar-refractivity contribution in [1.82, 2.24) is 9.80 Å². The number of aliphatic hydroxyl groups is 1. The quantitative estimate of drug-likeness (QED) is 0.614. The maximum Gasteiger partial charge on any atom is 0.238 e. The van der Waals surface area contributed by atoms with Crippen LogP contribution in [0, 0.1) is 13.8 Å². The zero-order valence-electron chi connectivity index (χ0n) is 17.7. The summed E-state index contributed by atoms with van der Waals surface area (Å²) in [6.45, 7) is 8.08. The number of nitrogens with zero attached hydrogens (tertiary/aromatic N) is 2. The number of benzene rings is 2. The number of β-amino-alcohol motifs (C(OH)–C–C–N with tert-alkyl or cyclic N) is 1. The van der Waals surface area contributed by atoms with E-state index in [2.05, 4.69) is 15.1 Å². The van der Waals surface area contributed by atoms with Gasteiger partial charge in [0.15, 0.2) is 11.5 Å². The van der Waals surface area contributed by atoms with Gasteiger partial charge in [0.2, 0.25) is 5.91 Å². The molecule has 7 heteroatoms. The number of aromatic hydroxyl groups is 1. The number of aryl methyl sites for hydroxylation is 2. The molecule has 1 aliphatic rings. The molecule has 1 heterocycles. The molecule has 0 unspecified atom stereocenters. The fourth-order valence-corrected chi connectivity index (χ4v) is 3.64. The molecule has 0 radical (unpaired) electrons. The number of piperazine rings is 1. The minimum absolute atomic E-state index is 0.00282. The van der Waals surface area contributed by atoms with Gasteiger partial charge in [-0.3, -0.25) is 14.6 Å². The van der Waals surface area contributed by atoms with E-state index in [1.807, 2.05) is 32.0 Å². The van der Waals surface area contributed by atoms with Gasteiger partial charge in [0, 0.05) is 38.4 Å². The van der Waals surface area contributed by atoms with E-state index in [9.17, 15) is 15.0 Å². The normalized spacial score (nSPS) is 16.2. The second kappa shape index (κ2) is 10.4. The Morgan fingerprint density at radius 2 is 1.67 bits per heavy atom. The number of aliphatic hydroxyl groups excluding tert-OH is 1. The van der Waals surface area contributed by atoms with Crippen LogP contribution >= 0.6 is 0 Å². The number of rotatable bonds is 8. The lowest BCUT2D eigenvalue weighted by Gasteiger charge is -2.35. The summed E-state index contributed by atoms with van der Waals surface area (Å²) in [5.41, 5.74) is 3.02. The number of phenolic OH excluding ortho intramolecular Hbond substituents is 1. The van der Waals surface area contributed by atoms with E-state index in [1.165, 1.54) is 0 Å². The molecule has 162 valence electrons. The smallest absolute Gasteiger partial charge is 0.238 e. The summed E-state index contributed by atoms with van der Waals surface area (Å²) in [6, 6.07) is 12.7. The van der Waals surface area contributed by atoms with Gasteiger partial charge in [0.1, 0.15) is 12.7 Å². The third-order valence-corrected chi connectivity index (χ3v) is 5.34. The number of anilines is 1. The molecule has 3 N–H and O–H groups in total. The molecular formula is C23H31N3O4. The number of hydrogen-bond donors (Lipinski definition) is 3. The van der Waals surface area contributed by atoms with Gasteiger partial charge in [-0.05, 0) is 37.1 Å². The molecule has 0 spiro atoms. The zero-order chi connectivity index (χ0) is 21.5. The van der Waals surface area contributed by atoms with Gasteiger partial charge in [-0.25, -0.2) is 0 Å². The van der Waals surface area contributed by atoms with Gasteiger partial charge in [-0.2, -0.15) is 0 Å². The average molecular weight is 414 g/mol. The topological polar surface area (TPSA) is 85.3 Å². The summed E-state index contributed by atoms with van der Waals surface area (Å²) in [5, 5.41) is 23.0. The molecule has 1 aliphatic heterocycles. The molecule has 2 aromatic rings. The first-order valence-electron chi connectivity index (χ1n) is 10.3. The lowest BCUT2D eigenvalue weighted by atomic mass is 10.1. The molecule has 0 aromatic heterocycles. The Bertz CT molecular complexity index is 830. The van der Waals surface area contributed by atoms with E-state index in [1.54, 1.807) is 24.3 Å². The first-order chi connectivity index (χ1) is 14.4. The number of para-hydroxylation sites is 3. The summed E-state index contributed by atoms with van der Waals surface area (Å²) in [4.78, 5) is 16.7. The van der Waals surface area contributed by atoms with Crippen LogP contribution in [0.2, 0.25) is 0 Å². The second-order valence-corrected chi connectivity index (χ2v) is 7.82. The third-order valence-electron chi connectivity index (χ3n) is 5.34. The molecule has 1 amide bonds. The molecule has 2 aromatic carbocycles. The van der Waals surface area contributed by atoms with E-state index in [0.29, 0.717) is 18.8 Å². The summed E-state index contributed by atoms with van der Waals surface area (Å²) in [7, 11) is 0. The minimum atomic E-state index is -0.650. The van der Waals surface area contributed by atoms with Crippen LogP contribution in [0.4, 0.5) is 5.69 Å². The molecule has 1 saturated heterocycles. The lowest BCUT2D eigenvalue weighted by Crippen LogP contribution is -2.50. The van der Waals surface area contributed by atoms with Crippen molar-refractivity contribution in [3.05, 3.63) is 53.6 Å². The van der Waals surface area contributed by atoms with E-state index in [4.69, 9.17) is 4.74 Å². The Hall–Kier alpha value is -2.61. The predicted octanol–water partition coefficient (Wildman–Crippen LogP) is 2.01. The maximum atomic E-state index is 12.4. The standard InChI is InChI=1S/C23H31N3O4/c1-17-6-5-7-18(2)23(17)24-22(29)15-26-12-10-25(11-13-26)14-19(27)16-30-21-9-4-3-8-20(21)28/h3-9,19,27-28H,10-16H2,1-2H3,(H,24,29)/t19-/m0/s1. The fourth-order valence-electron chi connectivity index (χ4n) is 3.64. The van der Waals surface area contributed by atoms with Gasteiger partial charge in [-0.15, -0.1) is 0 Å². The number of amides is 1. The molecule has 0 bridgehead atoms. The van der Waals surface area contributed by atoms with Crippen molar-refractivity contribution in [3.63, 3.8) is 0 Å². The van der Waals surface area contributed by atoms with Gasteiger partial charge in [0.05, 0.1) is 6.54 Å². The number of carbonyl (C=O) groups excluding carboxylic acids is 1. The number of hydrogen-bond acceptors (Lipinski definition) is 6. The first-order valence-corrected chi connectivity index (χ1v) is 10.3. The number of phenols is 1. The molecular weight excluding hydrogens is 382 g/mol. The molecule has 0 aliphatic carbocycles. The Labute approximate surface area is 177 Å². The maximum absolute atomic E-state index is 12.4. The van der Waals surface area contributed by atoms with Crippen LogP contribution < -0.4 is 10.1 Å². The van der Waals surface area contributed by atoms with Gasteiger partial charge >= 0.3 is 0 Å². The Morgan fingerprint density at radius 3 is 2.33 bits per heavy atom. The highest BCUT2D eigenvalue weighted by Crippen LogP contribution is 2.24. The lowest BCUT2D eigenvalue weighted by molar-refractivity contribution is -0.117. The molecule has 0 saturated carbocycles. The van der Waals surface area contributed by atoms with Crippen LogP contribution in [0.3, 0.4) is 0 Å². The Balaban J connectivity index is 1.38. The van der Waals surface area contributed by atoms with Gasteiger partial charge < -0.3 is 20.3 Å². The van der Waals surface area contributed by atoms with Gasteiger partial charge in [0.25, 0.3) is 0 Å². The van der Waals surface area contributed by atoms with Crippen molar-refractivity contribution >= 4 is 11.6 Å². The molecule has 3 rings (SSSR count). The third kappa shape index (κ3) is 6.19. The zero-order valence-corrected chi connectivity index (χ0v) is 17.7. The van der Waals surface area contributed by atoms with Crippen LogP contribution in [0.5, 0.6) is 11.5 Å². The van der Waals surface area contributed by atoms with Crippen molar-refractivity contribution in [1.29, 1.82) is 0 Å². The Morgan fingerprint density at radius 1 is 1.03 bits per heavy atom. The van der Waals surface area contributed by atoms with E-state index >= 15 is 0 Å². The largest absolute Gasteiger partial charge is 0.504 e. The molecule has 1 atom stereocenters. The van der Waals surface area contributed by atoms with E-state index in [0.717, 1.165) is 43.0 Å². The van der Waals surface area contributed by atoms with E-state index < -0.39 is 6.10 Å². The van der Waals surface area contributed by atoms with Crippen molar-refractivity contribution in [2.24, 2.45) is 0 Å². The summed E-state index contributed by atoms with van der Waals surface area (Å²) >= 11 is 0. The van der Waals surface area contributed by atoms with Crippen LogP contribution in [0.25, 0.3) is 0 Å². The highest BCUT2D eigenvalue weighted by molar-refractivity contribution is 5.93. The fraction of sp³-hybridized carbons (Fsp3) is 0.435. The Kier molecular flexibility index (Phi) is 7.68. The van der Waals surface area contributed by atoms with Crippen molar-refractivity contribution in [2.45, 2.75) is 20.0 Å². The highest BCUT2D eigenvalue weighted by atomic mass is 16.5. The van der Waals surface area contributed by atoms with Crippen LogP contribution in [-0.2, 0) is 4.79 Å². The molecule has 1 fully saturated rings. The van der Waals surface area contributed by atoms with Crippen LogP contribution in [-0.4, -0.2) is 77.9 Å². The molecule has 30 heavy (non-hydrogen) atoms. The summed E-state index contributed by atoms with van der Waals surface area (Å²) < 4.78 is 5.50. The van der Waals surface area contributed by atoms with Crippen molar-refractivity contribution in [3.8, 4) is 11.5 Å².